The predicted molar refractivity (Wildman–Crippen MR) is 108 cm³/mol. The number of furan rings is 1. The van der Waals surface area contributed by atoms with Crippen molar-refractivity contribution in [1.82, 2.24) is 10.2 Å². The number of fused-ring (bicyclic) bond motifs is 2. The van der Waals surface area contributed by atoms with Crippen LogP contribution in [0.15, 0.2) is 65.2 Å². The fourth-order valence-corrected chi connectivity index (χ4v) is 3.68. The quantitative estimate of drug-likeness (QED) is 0.727. The van der Waals surface area contributed by atoms with Crippen LogP contribution in [-0.4, -0.2) is 16.7 Å². The number of carbonyl (C=O) groups excluding carboxylic acids is 2. The Bertz CT molecular complexity index is 1030. The number of hydrogen-bond donors (Lipinski definition) is 1. The van der Waals surface area contributed by atoms with Gasteiger partial charge in [-0.25, -0.2) is 0 Å². The number of benzene rings is 2. The first-order valence-electron chi connectivity index (χ1n) is 9.37. The first-order valence-corrected chi connectivity index (χ1v) is 9.37. The first kappa shape index (κ1) is 18.0. The molecule has 2 heterocycles. The zero-order chi connectivity index (χ0) is 19.7. The van der Waals surface area contributed by atoms with E-state index in [4.69, 9.17) is 4.42 Å². The third-order valence-corrected chi connectivity index (χ3v) is 5.10. The molecule has 3 aromatic rings. The summed E-state index contributed by atoms with van der Waals surface area (Å²) in [5.41, 5.74) is 2.81. The van der Waals surface area contributed by atoms with E-state index in [0.29, 0.717) is 5.76 Å². The van der Waals surface area contributed by atoms with Gasteiger partial charge < -0.3 is 14.6 Å². The van der Waals surface area contributed by atoms with Gasteiger partial charge in [0, 0.05) is 18.5 Å². The standard InChI is InChI=1S/C23H22N2O3/c1-15(22-13-18-8-4-6-10-21(18)28-22)24-23(27)14-20-19-9-5-3-7-17(19)11-12-25(20)16(2)26/h3-13,15,20H,14H2,1-2H3,(H,24,27). The van der Waals surface area contributed by atoms with Crippen molar-refractivity contribution in [3.63, 3.8) is 0 Å². The average Bonchev–Trinajstić information content (AvgIpc) is 3.12. The maximum atomic E-state index is 12.8. The molecule has 0 aliphatic carbocycles. The smallest absolute Gasteiger partial charge is 0.223 e. The number of para-hydroxylation sites is 1. The van der Waals surface area contributed by atoms with Crippen LogP contribution < -0.4 is 5.32 Å². The van der Waals surface area contributed by atoms with Gasteiger partial charge in [-0.3, -0.25) is 9.59 Å². The van der Waals surface area contributed by atoms with Crippen molar-refractivity contribution in [1.29, 1.82) is 0 Å². The normalized spacial score (nSPS) is 16.6. The average molecular weight is 374 g/mol. The number of nitrogens with one attached hydrogen (secondary N) is 1. The number of rotatable bonds is 4. The minimum absolute atomic E-state index is 0.0890. The van der Waals surface area contributed by atoms with Gasteiger partial charge in [0.05, 0.1) is 18.5 Å². The highest BCUT2D eigenvalue weighted by Crippen LogP contribution is 2.33. The lowest BCUT2D eigenvalue weighted by Gasteiger charge is -2.32. The van der Waals surface area contributed by atoms with E-state index in [0.717, 1.165) is 22.1 Å². The van der Waals surface area contributed by atoms with E-state index in [1.807, 2.05) is 67.6 Å². The molecule has 0 saturated carbocycles. The van der Waals surface area contributed by atoms with E-state index in [-0.39, 0.29) is 30.3 Å². The minimum Gasteiger partial charge on any atom is -0.459 e. The number of carbonyl (C=O) groups is 2. The van der Waals surface area contributed by atoms with Crippen LogP contribution in [0.5, 0.6) is 0 Å². The molecule has 1 aliphatic heterocycles. The summed E-state index contributed by atoms with van der Waals surface area (Å²) in [5, 5.41) is 4.01. The molecule has 0 bridgehead atoms. The Hall–Kier alpha value is -3.34. The molecule has 1 aromatic heterocycles. The Balaban J connectivity index is 1.51. The molecule has 2 amide bonds. The van der Waals surface area contributed by atoms with E-state index in [1.54, 1.807) is 11.1 Å². The SMILES string of the molecule is CC(=O)N1C=Cc2ccccc2C1CC(=O)NC(C)c1cc2ccccc2o1. The van der Waals surface area contributed by atoms with E-state index in [9.17, 15) is 9.59 Å². The van der Waals surface area contributed by atoms with Crippen LogP contribution in [0.4, 0.5) is 0 Å². The third-order valence-electron chi connectivity index (χ3n) is 5.10. The Labute approximate surface area is 163 Å². The zero-order valence-electron chi connectivity index (χ0n) is 15.9. The number of hydrogen-bond acceptors (Lipinski definition) is 3. The van der Waals surface area contributed by atoms with E-state index < -0.39 is 0 Å². The van der Waals surface area contributed by atoms with Crippen molar-refractivity contribution in [2.75, 3.05) is 0 Å². The molecular weight excluding hydrogens is 352 g/mol. The van der Waals surface area contributed by atoms with Gasteiger partial charge in [0.25, 0.3) is 0 Å². The lowest BCUT2D eigenvalue weighted by Crippen LogP contribution is -2.35. The van der Waals surface area contributed by atoms with Crippen LogP contribution in [0.2, 0.25) is 0 Å². The lowest BCUT2D eigenvalue weighted by atomic mass is 9.93. The summed E-state index contributed by atoms with van der Waals surface area (Å²) in [6, 6.07) is 17.0. The molecule has 0 saturated heterocycles. The summed E-state index contributed by atoms with van der Waals surface area (Å²) in [6.45, 7) is 3.41. The molecule has 142 valence electrons. The van der Waals surface area contributed by atoms with Gasteiger partial charge >= 0.3 is 0 Å². The molecule has 2 atom stereocenters. The molecule has 28 heavy (non-hydrogen) atoms. The Kier molecular flexibility index (Phi) is 4.74. The van der Waals surface area contributed by atoms with Crippen LogP contribution in [0.25, 0.3) is 17.0 Å². The molecule has 1 N–H and O–H groups in total. The summed E-state index contributed by atoms with van der Waals surface area (Å²) < 4.78 is 5.85. The van der Waals surface area contributed by atoms with Gasteiger partial charge in [0.1, 0.15) is 11.3 Å². The van der Waals surface area contributed by atoms with Gasteiger partial charge in [-0.05, 0) is 36.3 Å². The first-order chi connectivity index (χ1) is 13.5. The van der Waals surface area contributed by atoms with Crippen LogP contribution in [0, 0.1) is 0 Å². The largest absolute Gasteiger partial charge is 0.459 e. The molecule has 0 radical (unpaired) electrons. The topological polar surface area (TPSA) is 62.6 Å². The van der Waals surface area contributed by atoms with Crippen molar-refractivity contribution < 1.29 is 14.0 Å². The summed E-state index contributed by atoms with van der Waals surface area (Å²) in [5.74, 6) is 0.491. The molecule has 2 unspecified atom stereocenters. The van der Waals surface area contributed by atoms with Crippen molar-refractivity contribution >= 4 is 28.9 Å². The fourth-order valence-electron chi connectivity index (χ4n) is 3.68. The summed E-state index contributed by atoms with van der Waals surface area (Å²) >= 11 is 0. The Morgan fingerprint density at radius 3 is 2.68 bits per heavy atom. The van der Waals surface area contributed by atoms with Crippen molar-refractivity contribution in [3.8, 4) is 0 Å². The summed E-state index contributed by atoms with van der Waals surface area (Å²) in [4.78, 5) is 26.5. The zero-order valence-corrected chi connectivity index (χ0v) is 15.9. The van der Waals surface area contributed by atoms with Crippen molar-refractivity contribution in [3.05, 3.63) is 77.7 Å². The molecule has 5 nitrogen and oxygen atoms in total. The van der Waals surface area contributed by atoms with Crippen LogP contribution >= 0.6 is 0 Å². The van der Waals surface area contributed by atoms with Crippen LogP contribution in [0.3, 0.4) is 0 Å². The van der Waals surface area contributed by atoms with Gasteiger partial charge in [0.15, 0.2) is 0 Å². The second-order valence-electron chi connectivity index (χ2n) is 7.07. The summed E-state index contributed by atoms with van der Waals surface area (Å²) in [6.07, 6.45) is 3.85. The molecule has 2 aromatic carbocycles. The third kappa shape index (κ3) is 3.43. The summed E-state index contributed by atoms with van der Waals surface area (Å²) in [7, 11) is 0. The molecule has 0 fully saturated rings. The lowest BCUT2D eigenvalue weighted by molar-refractivity contribution is -0.130. The Morgan fingerprint density at radius 1 is 1.14 bits per heavy atom. The second kappa shape index (κ2) is 7.35. The van der Waals surface area contributed by atoms with E-state index in [2.05, 4.69) is 5.32 Å². The predicted octanol–water partition coefficient (Wildman–Crippen LogP) is 4.57. The molecule has 1 aliphatic rings. The van der Waals surface area contributed by atoms with Gasteiger partial charge in [-0.1, -0.05) is 42.5 Å². The molecule has 5 heteroatoms. The van der Waals surface area contributed by atoms with E-state index in [1.165, 1.54) is 6.92 Å². The van der Waals surface area contributed by atoms with Gasteiger partial charge in [-0.15, -0.1) is 0 Å². The highest BCUT2D eigenvalue weighted by molar-refractivity contribution is 5.82. The van der Waals surface area contributed by atoms with Crippen LogP contribution in [0.1, 0.15) is 49.2 Å². The highest BCUT2D eigenvalue weighted by Gasteiger charge is 2.28. The molecule has 4 rings (SSSR count). The highest BCUT2D eigenvalue weighted by atomic mass is 16.3. The minimum atomic E-state index is -0.318. The number of nitrogens with zero attached hydrogens (tertiary/aromatic N) is 1. The molecule has 0 spiro atoms. The maximum absolute atomic E-state index is 12.8. The van der Waals surface area contributed by atoms with Gasteiger partial charge in [-0.2, -0.15) is 0 Å². The van der Waals surface area contributed by atoms with Gasteiger partial charge in [0.2, 0.25) is 11.8 Å². The van der Waals surface area contributed by atoms with Crippen molar-refractivity contribution in [2.24, 2.45) is 0 Å². The second-order valence-corrected chi connectivity index (χ2v) is 7.07. The van der Waals surface area contributed by atoms with Crippen molar-refractivity contribution in [2.45, 2.75) is 32.4 Å². The van der Waals surface area contributed by atoms with Crippen LogP contribution in [-0.2, 0) is 9.59 Å². The Morgan fingerprint density at radius 2 is 1.89 bits per heavy atom. The maximum Gasteiger partial charge on any atom is 0.223 e. The fraction of sp³-hybridized carbons (Fsp3) is 0.217. The monoisotopic (exact) mass is 374 g/mol. The molecular formula is C23H22N2O3. The van der Waals surface area contributed by atoms with E-state index >= 15 is 0 Å². The number of amides is 2.